The molecule has 7 nitrogen and oxygen atoms in total. The molecule has 1 atom stereocenters. The van der Waals surface area contributed by atoms with Gasteiger partial charge in [-0.15, -0.1) is 23.1 Å². The minimum absolute atomic E-state index is 0.0711. The van der Waals surface area contributed by atoms with Gasteiger partial charge in [-0.2, -0.15) is 13.2 Å². The van der Waals surface area contributed by atoms with Gasteiger partial charge in [0.2, 0.25) is 11.8 Å². The van der Waals surface area contributed by atoms with Gasteiger partial charge < -0.3 is 15.0 Å². The maximum Gasteiger partial charge on any atom is 0.406 e. The molecular weight excluding hydrogens is 539 g/mol. The van der Waals surface area contributed by atoms with Gasteiger partial charge in [0.15, 0.2) is 0 Å². The normalized spacial score (nSPS) is 21.2. The largest absolute Gasteiger partial charge is 0.465 e. The van der Waals surface area contributed by atoms with Crippen molar-refractivity contribution in [3.63, 3.8) is 0 Å². The number of benzene rings is 1. The van der Waals surface area contributed by atoms with E-state index in [4.69, 9.17) is 4.74 Å². The molecule has 38 heavy (non-hydrogen) atoms. The summed E-state index contributed by atoms with van der Waals surface area (Å²) in [4.78, 5) is 43.5. The second kappa shape index (κ2) is 11.9. The van der Waals surface area contributed by atoms with Crippen LogP contribution in [0.25, 0.3) is 10.4 Å². The number of nitrogens with one attached hydrogen (secondary N) is 1. The predicted octanol–water partition coefficient (Wildman–Crippen LogP) is 6.01. The number of halogens is 3. The topological polar surface area (TPSA) is 88.1 Å². The summed E-state index contributed by atoms with van der Waals surface area (Å²) in [6, 6.07) is 7.70. The number of carbonyl (C=O) groups is 3. The van der Waals surface area contributed by atoms with Crippen LogP contribution >= 0.6 is 23.1 Å². The van der Waals surface area contributed by atoms with Crippen LogP contribution in [0.4, 0.5) is 24.5 Å². The van der Waals surface area contributed by atoms with E-state index in [1.54, 1.807) is 29.8 Å². The van der Waals surface area contributed by atoms with Crippen LogP contribution in [0.5, 0.6) is 0 Å². The maximum absolute atomic E-state index is 13.6. The summed E-state index contributed by atoms with van der Waals surface area (Å²) >= 11 is 2.42. The molecule has 204 valence electrons. The van der Waals surface area contributed by atoms with Gasteiger partial charge >= 0.3 is 12.1 Å². The fourth-order valence-corrected chi connectivity index (χ4v) is 6.36. The fraction of sp³-hybridized carbons (Fsp3) is 0.462. The number of carbonyl (C=O) groups excluding carboxylic acids is 3. The highest BCUT2D eigenvalue weighted by atomic mass is 32.2. The summed E-state index contributed by atoms with van der Waals surface area (Å²) in [6.07, 6.45) is -2.10. The van der Waals surface area contributed by atoms with Crippen LogP contribution in [0.3, 0.4) is 0 Å². The van der Waals surface area contributed by atoms with E-state index in [2.05, 4.69) is 17.2 Å². The third-order valence-electron chi connectivity index (χ3n) is 6.65. The summed E-state index contributed by atoms with van der Waals surface area (Å²) in [5, 5.41) is 2.79. The number of rotatable bonds is 7. The molecule has 2 aliphatic rings. The zero-order valence-electron chi connectivity index (χ0n) is 20.9. The number of thiophene rings is 1. The number of nitrogens with zero attached hydrogens (tertiary/aromatic N) is 2. The zero-order chi connectivity index (χ0) is 27.4. The monoisotopic (exact) mass is 567 g/mol. The van der Waals surface area contributed by atoms with Gasteiger partial charge in [0.05, 0.1) is 18.3 Å². The van der Waals surface area contributed by atoms with Crippen molar-refractivity contribution in [2.24, 2.45) is 16.8 Å². The van der Waals surface area contributed by atoms with Gasteiger partial charge in [-0.05, 0) is 55.4 Å². The second-order valence-corrected chi connectivity index (χ2v) is 11.4. The van der Waals surface area contributed by atoms with Crippen LogP contribution in [-0.2, 0) is 14.3 Å². The Morgan fingerprint density at radius 1 is 1.13 bits per heavy atom. The molecule has 1 aromatic carbocycles. The van der Waals surface area contributed by atoms with E-state index in [0.717, 1.165) is 31.3 Å². The smallest absolute Gasteiger partial charge is 0.406 e. The lowest BCUT2D eigenvalue weighted by molar-refractivity contribution is -0.135. The number of hydrogen-bond donors (Lipinski definition) is 1. The first-order chi connectivity index (χ1) is 18.1. The van der Waals surface area contributed by atoms with E-state index in [-0.39, 0.29) is 16.5 Å². The molecule has 1 aliphatic carbocycles. The van der Waals surface area contributed by atoms with Crippen LogP contribution in [-0.4, -0.2) is 55.0 Å². The Labute approximate surface area is 226 Å². The summed E-state index contributed by atoms with van der Waals surface area (Å²) < 4.78 is 45.8. The lowest BCUT2D eigenvalue weighted by atomic mass is 9.82. The van der Waals surface area contributed by atoms with Crippen LogP contribution in [0.15, 0.2) is 35.3 Å². The van der Waals surface area contributed by atoms with Gasteiger partial charge in [0.25, 0.3) is 0 Å². The van der Waals surface area contributed by atoms with Crippen molar-refractivity contribution < 1.29 is 32.3 Å². The number of aliphatic imine (C=N–C) groups is 1. The SMILES string of the molecule is COC(=O)c1sc(-c2ccc(NC(=O)C3CSC=N3)cc2)cc1N(CC(F)(F)F)C(=O)[C@H]1CC[C@H](C)CC1. The molecule has 12 heteroatoms. The van der Waals surface area contributed by atoms with Crippen molar-refractivity contribution in [3.8, 4) is 10.4 Å². The minimum Gasteiger partial charge on any atom is -0.465 e. The average molecular weight is 568 g/mol. The predicted molar refractivity (Wildman–Crippen MR) is 144 cm³/mol. The van der Waals surface area contributed by atoms with E-state index in [0.29, 0.717) is 45.5 Å². The van der Waals surface area contributed by atoms with E-state index < -0.39 is 36.6 Å². The highest BCUT2D eigenvalue weighted by molar-refractivity contribution is 8.12. The quantitative estimate of drug-likeness (QED) is 0.415. The van der Waals surface area contributed by atoms with Crippen molar-refractivity contribution in [1.29, 1.82) is 0 Å². The van der Waals surface area contributed by atoms with E-state index in [9.17, 15) is 27.6 Å². The van der Waals surface area contributed by atoms with E-state index in [1.807, 2.05) is 0 Å². The van der Waals surface area contributed by atoms with Gasteiger partial charge in [-0.25, -0.2) is 4.79 Å². The molecule has 1 fully saturated rings. The summed E-state index contributed by atoms with van der Waals surface area (Å²) in [5.41, 5.74) is 2.69. The first-order valence-corrected chi connectivity index (χ1v) is 14.1. The Hall–Kier alpha value is -2.86. The van der Waals surface area contributed by atoms with Gasteiger partial charge in [0, 0.05) is 22.2 Å². The van der Waals surface area contributed by atoms with Gasteiger partial charge in [-0.3, -0.25) is 14.6 Å². The number of esters is 1. The molecule has 1 saturated carbocycles. The molecule has 0 bridgehead atoms. The van der Waals surface area contributed by atoms with Gasteiger partial charge in [-0.1, -0.05) is 19.1 Å². The molecule has 2 aromatic rings. The molecule has 2 heterocycles. The minimum atomic E-state index is -4.66. The summed E-state index contributed by atoms with van der Waals surface area (Å²) in [7, 11) is 1.15. The Morgan fingerprint density at radius 2 is 1.82 bits per heavy atom. The molecule has 0 radical (unpaired) electrons. The van der Waals surface area contributed by atoms with Crippen molar-refractivity contribution in [2.75, 3.05) is 29.6 Å². The van der Waals surface area contributed by atoms with Crippen LogP contribution < -0.4 is 10.2 Å². The van der Waals surface area contributed by atoms with Crippen LogP contribution in [0.1, 0.15) is 42.3 Å². The second-order valence-electron chi connectivity index (χ2n) is 9.48. The number of thioether (sulfide) groups is 1. The van der Waals surface area contributed by atoms with Crippen molar-refractivity contribution in [2.45, 2.75) is 44.8 Å². The van der Waals surface area contributed by atoms with Crippen molar-refractivity contribution in [3.05, 3.63) is 35.2 Å². The first kappa shape index (κ1) is 28.2. The zero-order valence-corrected chi connectivity index (χ0v) is 22.5. The number of amides is 2. The Bertz CT molecular complexity index is 1210. The Balaban J connectivity index is 1.63. The molecule has 4 rings (SSSR count). The molecule has 1 aromatic heterocycles. The number of hydrogen-bond acceptors (Lipinski definition) is 7. The summed E-state index contributed by atoms with van der Waals surface area (Å²) in [6.45, 7) is 0.568. The lowest BCUT2D eigenvalue weighted by Gasteiger charge is -2.31. The summed E-state index contributed by atoms with van der Waals surface area (Å²) in [5.74, 6) is -1.21. The standard InChI is InChI=1S/C26H28F3N3O4S2/c1-15-3-5-17(6-4-15)24(34)32(13-26(27,28)29)20-11-21(38-22(20)25(35)36-2)16-7-9-18(10-8-16)31-23(33)19-12-37-14-30-19/h7-11,14-15,17,19H,3-6,12-13H2,1-2H3,(H,31,33)/t15-,17-,19?. The molecule has 1 N–H and O–H groups in total. The molecule has 0 saturated heterocycles. The molecule has 1 aliphatic heterocycles. The van der Waals surface area contributed by atoms with E-state index in [1.165, 1.54) is 17.8 Å². The highest BCUT2D eigenvalue weighted by Gasteiger charge is 2.39. The Kier molecular flexibility index (Phi) is 8.81. The first-order valence-electron chi connectivity index (χ1n) is 12.2. The molecule has 1 unspecified atom stereocenters. The van der Waals surface area contributed by atoms with Gasteiger partial charge in [0.1, 0.15) is 17.5 Å². The fourth-order valence-electron chi connectivity index (χ4n) is 4.53. The highest BCUT2D eigenvalue weighted by Crippen LogP contribution is 2.40. The van der Waals surface area contributed by atoms with Crippen LogP contribution in [0.2, 0.25) is 0 Å². The molecule has 2 amide bonds. The lowest BCUT2D eigenvalue weighted by Crippen LogP contribution is -2.43. The van der Waals surface area contributed by atoms with Crippen molar-refractivity contribution >= 4 is 57.8 Å². The Morgan fingerprint density at radius 3 is 2.39 bits per heavy atom. The maximum atomic E-state index is 13.6. The van der Waals surface area contributed by atoms with Crippen LogP contribution in [0, 0.1) is 11.8 Å². The third kappa shape index (κ3) is 6.76. The number of anilines is 2. The molecule has 0 spiro atoms. The number of alkyl halides is 3. The van der Waals surface area contributed by atoms with Crippen molar-refractivity contribution in [1.82, 2.24) is 0 Å². The number of ether oxygens (including phenoxy) is 1. The molecular formula is C26H28F3N3O4S2. The third-order valence-corrected chi connectivity index (χ3v) is 8.58. The number of methoxy groups -OCH3 is 1. The average Bonchev–Trinajstić information content (AvgIpc) is 3.58. The van der Waals surface area contributed by atoms with E-state index >= 15 is 0 Å².